The molecule has 26 heavy (non-hydrogen) atoms. The summed E-state index contributed by atoms with van der Waals surface area (Å²) in [7, 11) is 0. The lowest BCUT2D eigenvalue weighted by molar-refractivity contribution is 0.748. The lowest BCUT2D eigenvalue weighted by Crippen LogP contribution is -1.99. The van der Waals surface area contributed by atoms with Crippen LogP contribution < -0.4 is 5.73 Å². The summed E-state index contributed by atoms with van der Waals surface area (Å²) in [6.07, 6.45) is 4.82. The van der Waals surface area contributed by atoms with Crippen molar-refractivity contribution < 1.29 is 0 Å². The van der Waals surface area contributed by atoms with Gasteiger partial charge in [-0.3, -0.25) is 4.98 Å². The van der Waals surface area contributed by atoms with Crippen molar-refractivity contribution in [1.29, 1.82) is 0 Å². The molecular formula is C21H19Cl2N3. The number of aromatic nitrogens is 2. The first-order valence-electron chi connectivity index (χ1n) is 8.72. The van der Waals surface area contributed by atoms with Crippen LogP contribution in [0.25, 0.3) is 33.1 Å². The minimum Gasteiger partial charge on any atom is -0.353 e. The Balaban J connectivity index is 1.91. The third kappa shape index (κ3) is 3.18. The monoisotopic (exact) mass is 383 g/mol. The molecule has 0 spiro atoms. The van der Waals surface area contributed by atoms with Crippen molar-refractivity contribution in [2.75, 3.05) is 6.54 Å². The van der Waals surface area contributed by atoms with Gasteiger partial charge in [0.2, 0.25) is 0 Å². The van der Waals surface area contributed by atoms with Gasteiger partial charge in [0.1, 0.15) is 0 Å². The summed E-state index contributed by atoms with van der Waals surface area (Å²) in [6.45, 7) is 0.691. The van der Waals surface area contributed by atoms with Gasteiger partial charge in [0.15, 0.2) is 0 Å². The molecule has 0 fully saturated rings. The maximum absolute atomic E-state index is 6.44. The van der Waals surface area contributed by atoms with Crippen LogP contribution in [0.5, 0.6) is 0 Å². The maximum atomic E-state index is 6.44. The number of nitrogens with two attached hydrogens (primary N) is 1. The van der Waals surface area contributed by atoms with Gasteiger partial charge in [0, 0.05) is 27.6 Å². The zero-order chi connectivity index (χ0) is 18.1. The van der Waals surface area contributed by atoms with Gasteiger partial charge in [-0.15, -0.1) is 0 Å². The second-order valence-corrected chi connectivity index (χ2v) is 7.29. The van der Waals surface area contributed by atoms with E-state index in [4.69, 9.17) is 28.9 Å². The number of aromatic amines is 1. The molecule has 3 N–H and O–H groups in total. The van der Waals surface area contributed by atoms with Crippen LogP contribution in [0.3, 0.4) is 0 Å². The Kier molecular flexibility index (Phi) is 4.86. The maximum Gasteiger partial charge on any atom is 0.0702 e. The van der Waals surface area contributed by atoms with Crippen molar-refractivity contribution in [2.24, 2.45) is 5.73 Å². The third-order valence-corrected chi connectivity index (χ3v) is 5.21. The summed E-state index contributed by atoms with van der Waals surface area (Å²) in [5, 5.41) is 3.46. The number of para-hydroxylation sites is 1. The number of H-pyrrole nitrogens is 1. The summed E-state index contributed by atoms with van der Waals surface area (Å²) >= 11 is 12.7. The lowest BCUT2D eigenvalue weighted by Gasteiger charge is -2.06. The molecule has 0 aliphatic carbocycles. The van der Waals surface area contributed by atoms with Gasteiger partial charge in [-0.05, 0) is 55.6 Å². The molecule has 132 valence electrons. The molecule has 0 amide bonds. The fourth-order valence-electron chi connectivity index (χ4n) is 3.43. The van der Waals surface area contributed by atoms with E-state index >= 15 is 0 Å². The number of fused-ring (bicyclic) bond motifs is 2. The van der Waals surface area contributed by atoms with Crippen molar-refractivity contribution in [3.05, 3.63) is 64.3 Å². The first-order valence-corrected chi connectivity index (χ1v) is 9.48. The van der Waals surface area contributed by atoms with Gasteiger partial charge >= 0.3 is 0 Å². The molecule has 4 aromatic rings. The summed E-state index contributed by atoms with van der Waals surface area (Å²) in [5.74, 6) is 0. The SMILES string of the molecule is NCCCCc1c(-c2cnc3ccccc3c2)[nH]c2c(Cl)cc(Cl)cc12. The summed E-state index contributed by atoms with van der Waals surface area (Å²) in [4.78, 5) is 8.11. The number of rotatable bonds is 5. The number of hydrogen-bond donors (Lipinski definition) is 2. The van der Waals surface area contributed by atoms with Crippen LogP contribution in [0.2, 0.25) is 10.0 Å². The summed E-state index contributed by atoms with van der Waals surface area (Å²) < 4.78 is 0. The number of aryl methyl sites for hydroxylation is 1. The highest BCUT2D eigenvalue weighted by atomic mass is 35.5. The highest BCUT2D eigenvalue weighted by Gasteiger charge is 2.16. The Morgan fingerprint density at radius 1 is 1.04 bits per heavy atom. The average molecular weight is 384 g/mol. The first-order chi connectivity index (χ1) is 12.7. The van der Waals surface area contributed by atoms with Crippen LogP contribution in [-0.2, 0) is 6.42 Å². The molecule has 0 atom stereocenters. The van der Waals surface area contributed by atoms with Crippen molar-refractivity contribution in [1.82, 2.24) is 9.97 Å². The highest BCUT2D eigenvalue weighted by Crippen LogP contribution is 2.37. The van der Waals surface area contributed by atoms with E-state index in [0.29, 0.717) is 16.6 Å². The molecule has 0 radical (unpaired) electrons. The molecule has 5 heteroatoms. The topological polar surface area (TPSA) is 54.7 Å². The molecule has 2 aromatic heterocycles. The van der Waals surface area contributed by atoms with Gasteiger partial charge in [0.25, 0.3) is 0 Å². The average Bonchev–Trinajstić information content (AvgIpc) is 3.00. The number of pyridine rings is 1. The van der Waals surface area contributed by atoms with E-state index in [9.17, 15) is 0 Å². The van der Waals surface area contributed by atoms with E-state index in [0.717, 1.165) is 52.3 Å². The van der Waals surface area contributed by atoms with E-state index in [1.807, 2.05) is 30.5 Å². The molecule has 4 rings (SSSR count). The van der Waals surface area contributed by atoms with Crippen molar-refractivity contribution in [2.45, 2.75) is 19.3 Å². The quantitative estimate of drug-likeness (QED) is 0.417. The predicted molar refractivity (Wildman–Crippen MR) is 111 cm³/mol. The molecule has 0 bridgehead atoms. The Morgan fingerprint density at radius 2 is 1.88 bits per heavy atom. The Hall–Kier alpha value is -2.07. The van der Waals surface area contributed by atoms with Gasteiger partial charge in [0.05, 0.1) is 21.7 Å². The third-order valence-electron chi connectivity index (χ3n) is 4.69. The van der Waals surface area contributed by atoms with Gasteiger partial charge < -0.3 is 10.7 Å². The molecule has 2 heterocycles. The fraction of sp³-hybridized carbons (Fsp3) is 0.190. The second kappa shape index (κ2) is 7.28. The molecule has 3 nitrogen and oxygen atoms in total. The van der Waals surface area contributed by atoms with Crippen molar-refractivity contribution >= 4 is 45.0 Å². The number of nitrogens with one attached hydrogen (secondary N) is 1. The molecular weight excluding hydrogens is 365 g/mol. The Morgan fingerprint density at radius 3 is 2.73 bits per heavy atom. The standard InChI is InChI=1S/C21H19Cl2N3/c22-15-10-17-16(6-3-4-8-24)20(26-21(17)18(23)11-15)14-9-13-5-1-2-7-19(13)25-12-14/h1-2,5,7,9-12,26H,3-4,6,8,24H2. The van der Waals surface area contributed by atoms with Gasteiger partial charge in [-0.1, -0.05) is 41.4 Å². The Labute approximate surface area is 162 Å². The zero-order valence-electron chi connectivity index (χ0n) is 14.2. The minimum atomic E-state index is 0.632. The fourth-order valence-corrected chi connectivity index (χ4v) is 3.97. The molecule has 0 aliphatic rings. The Bertz CT molecular complexity index is 1090. The molecule has 2 aromatic carbocycles. The number of nitrogens with zero attached hydrogens (tertiary/aromatic N) is 1. The number of hydrogen-bond acceptors (Lipinski definition) is 2. The molecule has 0 saturated carbocycles. The van der Waals surface area contributed by atoms with Gasteiger partial charge in [-0.25, -0.2) is 0 Å². The summed E-state index contributed by atoms with van der Waals surface area (Å²) in [5.41, 5.74) is 10.9. The van der Waals surface area contributed by atoms with Crippen LogP contribution in [0.4, 0.5) is 0 Å². The zero-order valence-corrected chi connectivity index (χ0v) is 15.7. The van der Waals surface area contributed by atoms with Crippen LogP contribution in [0.15, 0.2) is 48.7 Å². The van der Waals surface area contributed by atoms with Crippen LogP contribution in [-0.4, -0.2) is 16.5 Å². The van der Waals surface area contributed by atoms with Crippen molar-refractivity contribution in [3.63, 3.8) is 0 Å². The molecule has 0 saturated heterocycles. The summed E-state index contributed by atoms with van der Waals surface area (Å²) in [6, 6.07) is 14.0. The predicted octanol–water partition coefficient (Wildman–Crippen LogP) is 5.97. The van der Waals surface area contributed by atoms with E-state index < -0.39 is 0 Å². The number of benzene rings is 2. The number of unbranched alkanes of at least 4 members (excludes halogenated alkanes) is 1. The van der Waals surface area contributed by atoms with Crippen molar-refractivity contribution in [3.8, 4) is 11.3 Å². The largest absolute Gasteiger partial charge is 0.353 e. The van der Waals surface area contributed by atoms with E-state index in [1.54, 1.807) is 6.07 Å². The van der Waals surface area contributed by atoms with Crippen LogP contribution in [0, 0.1) is 0 Å². The normalized spacial score (nSPS) is 11.5. The smallest absolute Gasteiger partial charge is 0.0702 e. The van der Waals surface area contributed by atoms with Crippen LogP contribution in [0.1, 0.15) is 18.4 Å². The van der Waals surface area contributed by atoms with Crippen LogP contribution >= 0.6 is 23.2 Å². The lowest BCUT2D eigenvalue weighted by atomic mass is 10.0. The van der Waals surface area contributed by atoms with E-state index in [1.165, 1.54) is 5.56 Å². The number of halogens is 2. The highest BCUT2D eigenvalue weighted by molar-refractivity contribution is 6.38. The van der Waals surface area contributed by atoms with E-state index in [-0.39, 0.29) is 0 Å². The van der Waals surface area contributed by atoms with E-state index in [2.05, 4.69) is 22.1 Å². The second-order valence-electron chi connectivity index (χ2n) is 6.45. The molecule has 0 aliphatic heterocycles. The minimum absolute atomic E-state index is 0.632. The molecule has 0 unspecified atom stereocenters. The first kappa shape index (κ1) is 17.3. The van der Waals surface area contributed by atoms with Gasteiger partial charge in [-0.2, -0.15) is 0 Å².